The molecule has 120 valence electrons. The number of hydrogen-bond acceptors (Lipinski definition) is 5. The van der Waals surface area contributed by atoms with Gasteiger partial charge in [-0.25, -0.2) is 4.98 Å². The second-order valence-electron chi connectivity index (χ2n) is 5.57. The average molecular weight is 332 g/mol. The van der Waals surface area contributed by atoms with E-state index in [4.69, 9.17) is 0 Å². The van der Waals surface area contributed by atoms with Gasteiger partial charge in [-0.1, -0.05) is 18.2 Å². The maximum absolute atomic E-state index is 12.8. The van der Waals surface area contributed by atoms with E-state index in [1.807, 2.05) is 0 Å². The number of thiazole rings is 1. The Balaban J connectivity index is 2.19. The van der Waals surface area contributed by atoms with Gasteiger partial charge in [0.05, 0.1) is 23.4 Å². The lowest BCUT2D eigenvalue weighted by Crippen LogP contribution is -2.47. The Kier molecular flexibility index (Phi) is 4.14. The number of hydrogen-bond donors (Lipinski definition) is 2. The molecule has 0 saturated heterocycles. The van der Waals surface area contributed by atoms with Crippen LogP contribution in [-0.4, -0.2) is 44.6 Å². The number of carboxylic acids is 1. The Morgan fingerprint density at radius 1 is 1.43 bits per heavy atom. The molecule has 23 heavy (non-hydrogen) atoms. The fourth-order valence-electron chi connectivity index (χ4n) is 3.04. The van der Waals surface area contributed by atoms with Crippen LogP contribution in [0.25, 0.3) is 0 Å². The van der Waals surface area contributed by atoms with Gasteiger partial charge >= 0.3 is 5.97 Å². The van der Waals surface area contributed by atoms with Crippen molar-refractivity contribution < 1.29 is 19.8 Å². The van der Waals surface area contributed by atoms with Crippen molar-refractivity contribution in [2.75, 3.05) is 6.54 Å². The van der Waals surface area contributed by atoms with Gasteiger partial charge in [0.25, 0.3) is 5.91 Å². The molecule has 3 rings (SSSR count). The lowest BCUT2D eigenvalue weighted by molar-refractivity contribution is -0.140. The van der Waals surface area contributed by atoms with Crippen LogP contribution in [0.2, 0.25) is 0 Å². The molecule has 2 aromatic rings. The summed E-state index contributed by atoms with van der Waals surface area (Å²) in [6, 6.07) is 6.00. The summed E-state index contributed by atoms with van der Waals surface area (Å²) in [7, 11) is 0. The number of aromatic nitrogens is 1. The number of carbonyl (C=O) groups is 2. The monoisotopic (exact) mass is 332 g/mol. The Morgan fingerprint density at radius 2 is 2.17 bits per heavy atom. The van der Waals surface area contributed by atoms with Gasteiger partial charge in [-0.15, -0.1) is 11.3 Å². The second-order valence-corrected chi connectivity index (χ2v) is 6.29. The van der Waals surface area contributed by atoms with Crippen molar-refractivity contribution in [1.82, 2.24) is 9.88 Å². The van der Waals surface area contributed by atoms with Crippen molar-refractivity contribution in [2.45, 2.75) is 25.0 Å². The fraction of sp³-hybridized carbons (Fsp3) is 0.312. The highest BCUT2D eigenvalue weighted by molar-refractivity contribution is 7.07. The SMILES string of the molecule is CC(O)CN1C(=O)c2ccccc2C(C(=O)O)C1c1cscn1. The third-order valence-corrected chi connectivity index (χ3v) is 4.52. The van der Waals surface area contributed by atoms with Crippen LogP contribution in [-0.2, 0) is 4.79 Å². The first-order valence-electron chi connectivity index (χ1n) is 7.19. The molecule has 3 atom stereocenters. The van der Waals surface area contributed by atoms with Crippen molar-refractivity contribution in [3.8, 4) is 0 Å². The zero-order valence-electron chi connectivity index (χ0n) is 12.4. The van der Waals surface area contributed by atoms with Crippen molar-refractivity contribution >= 4 is 23.2 Å². The fourth-order valence-corrected chi connectivity index (χ4v) is 3.62. The number of nitrogens with zero attached hydrogens (tertiary/aromatic N) is 2. The van der Waals surface area contributed by atoms with Crippen LogP contribution in [0.3, 0.4) is 0 Å². The standard InChI is InChI=1S/C16H16N2O4S/c1-9(19)6-18-14(12-7-23-8-17-12)13(16(21)22)10-4-2-3-5-11(10)15(18)20/h2-5,7-9,13-14,19H,6H2,1H3,(H,21,22). The van der Waals surface area contributed by atoms with Crippen LogP contribution < -0.4 is 0 Å². The van der Waals surface area contributed by atoms with E-state index in [1.165, 1.54) is 16.2 Å². The number of benzene rings is 1. The second kappa shape index (κ2) is 6.10. The number of β-amino-alcohol motifs (C(OH)–C–C–N with tert-alkyl or cyclic N) is 1. The van der Waals surface area contributed by atoms with Crippen LogP contribution in [0.15, 0.2) is 35.2 Å². The highest BCUT2D eigenvalue weighted by Crippen LogP contribution is 2.42. The van der Waals surface area contributed by atoms with Gasteiger partial charge in [0.1, 0.15) is 5.92 Å². The van der Waals surface area contributed by atoms with E-state index >= 15 is 0 Å². The zero-order valence-corrected chi connectivity index (χ0v) is 13.2. The number of carboxylic acid groups (broad SMARTS) is 1. The van der Waals surface area contributed by atoms with Gasteiger partial charge in [-0.3, -0.25) is 9.59 Å². The topological polar surface area (TPSA) is 90.7 Å². The van der Waals surface area contributed by atoms with Crippen molar-refractivity contribution in [2.24, 2.45) is 0 Å². The number of aliphatic carboxylic acids is 1. The molecule has 2 N–H and O–H groups in total. The molecule has 6 nitrogen and oxygen atoms in total. The number of carbonyl (C=O) groups excluding carboxylic acids is 1. The quantitative estimate of drug-likeness (QED) is 0.892. The molecule has 0 bridgehead atoms. The summed E-state index contributed by atoms with van der Waals surface area (Å²) in [6.45, 7) is 1.63. The maximum Gasteiger partial charge on any atom is 0.313 e. The zero-order chi connectivity index (χ0) is 16.6. The number of amides is 1. The van der Waals surface area contributed by atoms with Gasteiger partial charge in [0.15, 0.2) is 0 Å². The summed E-state index contributed by atoms with van der Waals surface area (Å²) >= 11 is 1.35. The lowest BCUT2D eigenvalue weighted by Gasteiger charge is -2.40. The molecule has 0 radical (unpaired) electrons. The van der Waals surface area contributed by atoms with Crippen LogP contribution in [0, 0.1) is 0 Å². The molecule has 0 saturated carbocycles. The van der Waals surface area contributed by atoms with Gasteiger partial charge < -0.3 is 15.1 Å². The highest BCUT2D eigenvalue weighted by atomic mass is 32.1. The molecule has 7 heteroatoms. The molecule has 3 unspecified atom stereocenters. The van der Waals surface area contributed by atoms with E-state index in [9.17, 15) is 19.8 Å². The van der Waals surface area contributed by atoms with E-state index in [0.717, 1.165) is 0 Å². The van der Waals surface area contributed by atoms with Crippen LogP contribution in [0.5, 0.6) is 0 Å². The number of rotatable bonds is 4. The molecule has 2 heterocycles. The molecule has 0 aliphatic carbocycles. The highest BCUT2D eigenvalue weighted by Gasteiger charge is 2.45. The first kappa shape index (κ1) is 15.6. The van der Waals surface area contributed by atoms with Gasteiger partial charge in [0, 0.05) is 17.5 Å². The largest absolute Gasteiger partial charge is 0.481 e. The van der Waals surface area contributed by atoms with Crippen LogP contribution >= 0.6 is 11.3 Å². The predicted octanol–water partition coefficient (Wildman–Crippen LogP) is 1.89. The minimum Gasteiger partial charge on any atom is -0.481 e. The number of fused-ring (bicyclic) bond motifs is 1. The molecular weight excluding hydrogens is 316 g/mol. The van der Waals surface area contributed by atoms with E-state index < -0.39 is 24.0 Å². The molecule has 0 fully saturated rings. The Hall–Kier alpha value is -2.25. The summed E-state index contributed by atoms with van der Waals surface area (Å²) in [5, 5.41) is 21.3. The number of aliphatic hydroxyl groups excluding tert-OH is 1. The summed E-state index contributed by atoms with van der Waals surface area (Å²) in [5.41, 5.74) is 3.00. The molecule has 1 aromatic carbocycles. The van der Waals surface area contributed by atoms with Gasteiger partial charge in [-0.05, 0) is 18.6 Å². The summed E-state index contributed by atoms with van der Waals surface area (Å²) < 4.78 is 0. The first-order valence-corrected chi connectivity index (χ1v) is 8.14. The first-order chi connectivity index (χ1) is 11.0. The molecule has 1 aliphatic rings. The third kappa shape index (κ3) is 2.73. The van der Waals surface area contributed by atoms with Crippen LogP contribution in [0.1, 0.15) is 40.5 Å². The van der Waals surface area contributed by atoms with Gasteiger partial charge in [-0.2, -0.15) is 0 Å². The predicted molar refractivity (Wildman–Crippen MR) is 84.4 cm³/mol. The Labute approximate surface area is 137 Å². The Bertz CT molecular complexity index is 729. The lowest BCUT2D eigenvalue weighted by atomic mass is 9.81. The summed E-state index contributed by atoms with van der Waals surface area (Å²) in [5.74, 6) is -2.21. The maximum atomic E-state index is 12.8. The normalized spacial score (nSPS) is 21.8. The van der Waals surface area contributed by atoms with Crippen molar-refractivity contribution in [3.05, 3.63) is 52.0 Å². The minimum atomic E-state index is -1.02. The summed E-state index contributed by atoms with van der Waals surface area (Å²) in [6.07, 6.45) is -0.764. The Morgan fingerprint density at radius 3 is 2.78 bits per heavy atom. The van der Waals surface area contributed by atoms with Crippen molar-refractivity contribution in [1.29, 1.82) is 0 Å². The van der Waals surface area contributed by atoms with E-state index in [-0.39, 0.29) is 12.5 Å². The number of aliphatic hydroxyl groups is 1. The molecule has 1 aliphatic heterocycles. The smallest absolute Gasteiger partial charge is 0.313 e. The van der Waals surface area contributed by atoms with E-state index in [2.05, 4.69) is 4.98 Å². The molecular formula is C16H16N2O4S. The third-order valence-electron chi connectivity index (χ3n) is 3.92. The van der Waals surface area contributed by atoms with Gasteiger partial charge in [0.2, 0.25) is 0 Å². The van der Waals surface area contributed by atoms with E-state index in [0.29, 0.717) is 16.8 Å². The summed E-state index contributed by atoms with van der Waals surface area (Å²) in [4.78, 5) is 30.4. The molecule has 1 aromatic heterocycles. The minimum absolute atomic E-state index is 0.0547. The van der Waals surface area contributed by atoms with Crippen LogP contribution in [0.4, 0.5) is 0 Å². The molecule has 1 amide bonds. The molecule has 0 spiro atoms. The average Bonchev–Trinajstić information content (AvgIpc) is 3.03. The van der Waals surface area contributed by atoms with E-state index in [1.54, 1.807) is 42.1 Å². The van der Waals surface area contributed by atoms with Crippen molar-refractivity contribution in [3.63, 3.8) is 0 Å².